The van der Waals surface area contributed by atoms with Crippen molar-refractivity contribution in [3.63, 3.8) is 0 Å². The highest BCUT2D eigenvalue weighted by Gasteiger charge is 2.29. The van der Waals surface area contributed by atoms with Crippen molar-refractivity contribution in [1.82, 2.24) is 0 Å². The van der Waals surface area contributed by atoms with Crippen LogP contribution >= 0.6 is 11.8 Å². The van der Waals surface area contributed by atoms with Gasteiger partial charge in [-0.2, -0.15) is 13.2 Å². The summed E-state index contributed by atoms with van der Waals surface area (Å²) in [5.74, 6) is 1.53. The van der Waals surface area contributed by atoms with Gasteiger partial charge in [-0.25, -0.2) is 0 Å². The molecule has 1 aliphatic rings. The largest absolute Gasteiger partial charge is 0.446 e. The van der Waals surface area contributed by atoms with E-state index in [0.29, 0.717) is 5.92 Å². The summed E-state index contributed by atoms with van der Waals surface area (Å²) in [6, 6.07) is 6.48. The minimum absolute atomic E-state index is 0.0720. The molecule has 1 fully saturated rings. The normalized spacial score (nSPS) is 23.6. The maximum atomic E-state index is 12.2. The first-order valence-electron chi connectivity index (χ1n) is 7.02. The van der Waals surface area contributed by atoms with Crippen LogP contribution in [0.4, 0.5) is 18.9 Å². The van der Waals surface area contributed by atoms with Crippen molar-refractivity contribution >= 4 is 17.4 Å². The molecule has 0 atom stereocenters. The van der Waals surface area contributed by atoms with E-state index in [1.807, 2.05) is 0 Å². The Morgan fingerprint density at radius 3 is 2.25 bits per heavy atom. The zero-order valence-electron chi connectivity index (χ0n) is 11.5. The van der Waals surface area contributed by atoms with Crippen LogP contribution in [0.5, 0.6) is 0 Å². The van der Waals surface area contributed by atoms with Crippen molar-refractivity contribution in [3.05, 3.63) is 24.3 Å². The van der Waals surface area contributed by atoms with Gasteiger partial charge in [-0.05, 0) is 60.7 Å². The molecule has 0 heterocycles. The monoisotopic (exact) mass is 303 g/mol. The predicted molar refractivity (Wildman–Crippen MR) is 78.0 cm³/mol. The van der Waals surface area contributed by atoms with Gasteiger partial charge in [-0.1, -0.05) is 19.8 Å². The van der Waals surface area contributed by atoms with E-state index in [1.54, 1.807) is 12.1 Å². The van der Waals surface area contributed by atoms with Crippen LogP contribution in [0.25, 0.3) is 0 Å². The van der Waals surface area contributed by atoms with Gasteiger partial charge in [-0.3, -0.25) is 0 Å². The molecule has 0 spiro atoms. The van der Waals surface area contributed by atoms with Gasteiger partial charge in [0.1, 0.15) is 0 Å². The van der Waals surface area contributed by atoms with E-state index in [2.05, 4.69) is 12.2 Å². The molecule has 1 aliphatic carbocycles. The van der Waals surface area contributed by atoms with E-state index in [4.69, 9.17) is 0 Å². The summed E-state index contributed by atoms with van der Waals surface area (Å²) in [5, 5.41) is 3.33. The Morgan fingerprint density at radius 2 is 1.70 bits per heavy atom. The molecule has 0 saturated heterocycles. The number of hydrogen-bond donors (Lipinski definition) is 1. The summed E-state index contributed by atoms with van der Waals surface area (Å²) >= 11 is -0.0720. The third kappa shape index (κ3) is 5.27. The first-order valence-corrected chi connectivity index (χ1v) is 7.84. The molecule has 0 amide bonds. The van der Waals surface area contributed by atoms with Crippen molar-refractivity contribution < 1.29 is 13.2 Å². The predicted octanol–water partition coefficient (Wildman–Crippen LogP) is 5.54. The van der Waals surface area contributed by atoms with Crippen LogP contribution in [0.3, 0.4) is 0 Å². The van der Waals surface area contributed by atoms with Crippen molar-refractivity contribution in [2.75, 3.05) is 11.9 Å². The molecule has 2 rings (SSSR count). The number of nitrogens with one attached hydrogen (secondary N) is 1. The average Bonchev–Trinajstić information content (AvgIpc) is 2.38. The summed E-state index contributed by atoms with van der Waals surface area (Å²) in [6.07, 6.45) is 5.06. The van der Waals surface area contributed by atoms with Gasteiger partial charge in [0.25, 0.3) is 0 Å². The molecule has 5 heteroatoms. The fourth-order valence-corrected chi connectivity index (χ4v) is 3.11. The van der Waals surface area contributed by atoms with E-state index >= 15 is 0 Å². The van der Waals surface area contributed by atoms with E-state index in [0.717, 1.165) is 18.2 Å². The number of rotatable bonds is 4. The molecule has 1 nitrogen and oxygen atoms in total. The third-order valence-corrected chi connectivity index (χ3v) is 4.56. The highest BCUT2D eigenvalue weighted by molar-refractivity contribution is 8.00. The number of benzene rings is 1. The lowest BCUT2D eigenvalue weighted by molar-refractivity contribution is -0.0328. The second kappa shape index (κ2) is 6.74. The maximum Gasteiger partial charge on any atom is 0.446 e. The summed E-state index contributed by atoms with van der Waals surface area (Å²) < 4.78 is 36.6. The molecule has 1 N–H and O–H groups in total. The van der Waals surface area contributed by atoms with Gasteiger partial charge in [0, 0.05) is 17.1 Å². The number of thioether (sulfide) groups is 1. The fourth-order valence-electron chi connectivity index (χ4n) is 2.57. The molecule has 20 heavy (non-hydrogen) atoms. The van der Waals surface area contributed by atoms with Gasteiger partial charge in [0.05, 0.1) is 0 Å². The van der Waals surface area contributed by atoms with Crippen LogP contribution in [0.2, 0.25) is 0 Å². The highest BCUT2D eigenvalue weighted by atomic mass is 32.2. The van der Waals surface area contributed by atoms with E-state index < -0.39 is 5.51 Å². The Labute approximate surface area is 122 Å². The second-order valence-electron chi connectivity index (χ2n) is 5.58. The number of hydrogen-bond acceptors (Lipinski definition) is 2. The van der Waals surface area contributed by atoms with Crippen molar-refractivity contribution in [1.29, 1.82) is 0 Å². The molecule has 0 aliphatic heterocycles. The van der Waals surface area contributed by atoms with Crippen LogP contribution in [-0.4, -0.2) is 12.1 Å². The molecule has 1 aromatic rings. The van der Waals surface area contributed by atoms with Crippen LogP contribution in [0.15, 0.2) is 29.2 Å². The SMILES string of the molecule is CC1CCC(CNc2ccc(SC(F)(F)F)cc2)CC1. The van der Waals surface area contributed by atoms with Crippen LogP contribution in [0.1, 0.15) is 32.6 Å². The van der Waals surface area contributed by atoms with E-state index in [-0.39, 0.29) is 16.7 Å². The molecule has 0 unspecified atom stereocenters. The summed E-state index contributed by atoms with van der Waals surface area (Å²) in [5.41, 5.74) is -3.32. The molecule has 0 radical (unpaired) electrons. The number of anilines is 1. The lowest BCUT2D eigenvalue weighted by Crippen LogP contribution is -2.20. The van der Waals surface area contributed by atoms with Gasteiger partial charge >= 0.3 is 5.51 Å². The molecular weight excluding hydrogens is 283 g/mol. The molecule has 0 aromatic heterocycles. The zero-order valence-corrected chi connectivity index (χ0v) is 12.4. The van der Waals surface area contributed by atoms with Crippen molar-refractivity contribution in [3.8, 4) is 0 Å². The van der Waals surface area contributed by atoms with E-state index in [1.165, 1.54) is 37.8 Å². The van der Waals surface area contributed by atoms with Crippen molar-refractivity contribution in [2.45, 2.75) is 43.0 Å². The van der Waals surface area contributed by atoms with Crippen molar-refractivity contribution in [2.24, 2.45) is 11.8 Å². The minimum Gasteiger partial charge on any atom is -0.385 e. The van der Waals surface area contributed by atoms with Crippen LogP contribution in [-0.2, 0) is 0 Å². The molecule has 1 aromatic carbocycles. The topological polar surface area (TPSA) is 12.0 Å². The Balaban J connectivity index is 1.79. The summed E-state index contributed by atoms with van der Waals surface area (Å²) in [4.78, 5) is 0.231. The number of alkyl halides is 3. The van der Waals surface area contributed by atoms with Gasteiger partial charge < -0.3 is 5.32 Å². The van der Waals surface area contributed by atoms with Gasteiger partial charge in [0.2, 0.25) is 0 Å². The third-order valence-electron chi connectivity index (χ3n) is 3.82. The molecule has 0 bridgehead atoms. The molecule has 1 saturated carbocycles. The van der Waals surface area contributed by atoms with Gasteiger partial charge in [-0.15, -0.1) is 0 Å². The quantitative estimate of drug-likeness (QED) is 0.733. The van der Waals surface area contributed by atoms with E-state index in [9.17, 15) is 13.2 Å². The average molecular weight is 303 g/mol. The second-order valence-corrected chi connectivity index (χ2v) is 6.72. The lowest BCUT2D eigenvalue weighted by Gasteiger charge is -2.26. The molecule has 112 valence electrons. The summed E-state index contributed by atoms with van der Waals surface area (Å²) in [7, 11) is 0. The summed E-state index contributed by atoms with van der Waals surface area (Å²) in [6.45, 7) is 3.21. The van der Waals surface area contributed by atoms with Crippen LogP contribution < -0.4 is 5.32 Å². The Morgan fingerprint density at radius 1 is 1.10 bits per heavy atom. The minimum atomic E-state index is -4.21. The smallest absolute Gasteiger partial charge is 0.385 e. The Hall–Kier alpha value is -0.840. The first-order chi connectivity index (χ1) is 9.42. The standard InChI is InChI=1S/C15H20F3NS/c1-11-2-4-12(5-3-11)10-19-13-6-8-14(9-7-13)20-15(16,17)18/h6-9,11-12,19H,2-5,10H2,1H3. The lowest BCUT2D eigenvalue weighted by atomic mass is 9.83. The first kappa shape index (κ1) is 15.5. The fraction of sp³-hybridized carbons (Fsp3) is 0.600. The highest BCUT2D eigenvalue weighted by Crippen LogP contribution is 2.37. The Bertz CT molecular complexity index is 408. The zero-order chi connectivity index (χ0) is 14.6. The molecular formula is C15H20F3NS. The maximum absolute atomic E-state index is 12.2. The number of halogens is 3. The van der Waals surface area contributed by atoms with Crippen LogP contribution in [0, 0.1) is 11.8 Å². The Kier molecular flexibility index (Phi) is 5.24. The van der Waals surface area contributed by atoms with Gasteiger partial charge in [0.15, 0.2) is 0 Å².